The zero-order chi connectivity index (χ0) is 21.2. The van der Waals surface area contributed by atoms with Crippen LogP contribution in [-0.4, -0.2) is 19.4 Å². The van der Waals surface area contributed by atoms with Gasteiger partial charge in [-0.3, -0.25) is 4.79 Å². The van der Waals surface area contributed by atoms with E-state index in [4.69, 9.17) is 0 Å². The molecule has 0 aliphatic heterocycles. The Morgan fingerprint density at radius 3 is 1.76 bits per heavy atom. The molecule has 0 spiro atoms. The lowest BCUT2D eigenvalue weighted by atomic mass is 10.2. The van der Waals surface area contributed by atoms with Crippen molar-refractivity contribution in [3.8, 4) is 5.75 Å². The van der Waals surface area contributed by atoms with Crippen molar-refractivity contribution in [2.75, 3.05) is 5.32 Å². The zero-order valence-corrected chi connectivity index (χ0v) is 15.5. The largest absolute Gasteiger partial charge is 0.508 e. The molecule has 150 valence electrons. The fourth-order valence-corrected chi connectivity index (χ4v) is 3.75. The Morgan fingerprint density at radius 2 is 1.28 bits per heavy atom. The summed E-state index contributed by atoms with van der Waals surface area (Å²) < 4.78 is 62.8. The lowest BCUT2D eigenvalue weighted by Gasteiger charge is -2.09. The Kier molecular flexibility index (Phi) is 5.34. The van der Waals surface area contributed by atoms with Crippen LogP contribution in [0.3, 0.4) is 0 Å². The summed E-state index contributed by atoms with van der Waals surface area (Å²) in [5.74, 6) is -0.669. The van der Waals surface area contributed by atoms with E-state index in [0.29, 0.717) is 0 Å². The molecule has 2 N–H and O–H groups in total. The summed E-state index contributed by atoms with van der Waals surface area (Å²) in [5.41, 5.74) is -0.530. The summed E-state index contributed by atoms with van der Waals surface area (Å²) in [7, 11) is -3.83. The van der Waals surface area contributed by atoms with Gasteiger partial charge in [0.15, 0.2) is 0 Å². The molecule has 0 aliphatic rings. The number of halogens is 3. The minimum Gasteiger partial charge on any atom is -0.508 e. The number of carbonyl (C=O) groups is 1. The maximum absolute atomic E-state index is 12.6. The molecule has 0 atom stereocenters. The van der Waals surface area contributed by atoms with E-state index >= 15 is 0 Å². The van der Waals surface area contributed by atoms with Gasteiger partial charge in [0.05, 0.1) is 15.4 Å². The van der Waals surface area contributed by atoms with Crippen LogP contribution >= 0.6 is 0 Å². The highest BCUT2D eigenvalue weighted by Crippen LogP contribution is 2.30. The summed E-state index contributed by atoms with van der Waals surface area (Å²) in [6.45, 7) is 0. The monoisotopic (exact) mass is 421 g/mol. The van der Waals surface area contributed by atoms with Gasteiger partial charge in [-0.15, -0.1) is 0 Å². The van der Waals surface area contributed by atoms with E-state index in [1.54, 1.807) is 0 Å². The normalized spacial score (nSPS) is 11.8. The number of rotatable bonds is 4. The third-order valence-corrected chi connectivity index (χ3v) is 5.83. The van der Waals surface area contributed by atoms with Gasteiger partial charge in [0.1, 0.15) is 5.75 Å². The van der Waals surface area contributed by atoms with Gasteiger partial charge in [-0.05, 0) is 72.8 Å². The van der Waals surface area contributed by atoms with Crippen LogP contribution in [0, 0.1) is 0 Å². The van der Waals surface area contributed by atoms with Crippen LogP contribution in [0.15, 0.2) is 82.6 Å². The summed E-state index contributed by atoms with van der Waals surface area (Å²) in [6.07, 6.45) is -4.47. The first kappa shape index (κ1) is 20.4. The molecule has 0 aliphatic carbocycles. The Labute approximate surface area is 164 Å². The Balaban J connectivity index is 1.76. The number of phenols is 1. The van der Waals surface area contributed by atoms with Crippen LogP contribution in [-0.2, 0) is 16.0 Å². The van der Waals surface area contributed by atoms with Crippen LogP contribution in [0.4, 0.5) is 18.9 Å². The van der Waals surface area contributed by atoms with E-state index in [-0.39, 0.29) is 26.8 Å². The number of amides is 1. The fraction of sp³-hybridized carbons (Fsp3) is 0.0500. The Bertz CT molecular complexity index is 1120. The summed E-state index contributed by atoms with van der Waals surface area (Å²) >= 11 is 0. The van der Waals surface area contributed by atoms with Crippen molar-refractivity contribution in [1.29, 1.82) is 0 Å². The summed E-state index contributed by atoms with van der Waals surface area (Å²) in [4.78, 5) is 12.2. The molecule has 0 radical (unpaired) electrons. The Hall–Kier alpha value is -3.33. The second-order valence-electron chi connectivity index (χ2n) is 6.05. The molecule has 0 saturated heterocycles. The van der Waals surface area contributed by atoms with E-state index in [1.807, 2.05) is 0 Å². The van der Waals surface area contributed by atoms with E-state index in [0.717, 1.165) is 24.3 Å². The predicted octanol–water partition coefficient (Wildman–Crippen LogP) is 4.50. The molecule has 3 aromatic rings. The maximum Gasteiger partial charge on any atom is 0.416 e. The Morgan fingerprint density at radius 1 is 0.793 bits per heavy atom. The van der Waals surface area contributed by atoms with Gasteiger partial charge in [0, 0.05) is 11.3 Å². The number of hydrogen-bond donors (Lipinski definition) is 2. The van der Waals surface area contributed by atoms with Gasteiger partial charge in [-0.2, -0.15) is 13.2 Å². The minimum absolute atomic E-state index is 0.0164. The number of phenolic OH excluding ortho intramolecular Hbond substituents is 1. The summed E-state index contributed by atoms with van der Waals surface area (Å²) in [6, 6.07) is 14.1. The molecular formula is C20H14F3NO4S. The lowest BCUT2D eigenvalue weighted by molar-refractivity contribution is -0.137. The standard InChI is InChI=1S/C20H14F3NO4S/c21-20(22,23)14-3-5-15(6-4-14)24-19(26)13-1-9-17(10-2-13)29(27,28)18-11-7-16(25)8-12-18/h1-12,25H,(H,24,26). The first-order valence-corrected chi connectivity index (χ1v) is 9.68. The van der Waals surface area contributed by atoms with Crippen molar-refractivity contribution in [3.05, 3.63) is 83.9 Å². The zero-order valence-electron chi connectivity index (χ0n) is 14.6. The van der Waals surface area contributed by atoms with Crippen LogP contribution in [0.5, 0.6) is 5.75 Å². The van der Waals surface area contributed by atoms with Gasteiger partial charge in [0.25, 0.3) is 5.91 Å². The smallest absolute Gasteiger partial charge is 0.416 e. The molecule has 0 aromatic heterocycles. The highest BCUT2D eigenvalue weighted by Gasteiger charge is 2.30. The highest BCUT2D eigenvalue weighted by molar-refractivity contribution is 7.91. The number of alkyl halides is 3. The minimum atomic E-state index is -4.47. The second-order valence-corrected chi connectivity index (χ2v) is 8.00. The lowest BCUT2D eigenvalue weighted by Crippen LogP contribution is -2.12. The molecule has 29 heavy (non-hydrogen) atoms. The van der Waals surface area contributed by atoms with E-state index in [2.05, 4.69) is 5.32 Å². The van der Waals surface area contributed by atoms with Crippen molar-refractivity contribution in [2.24, 2.45) is 0 Å². The molecule has 3 rings (SSSR count). The van der Waals surface area contributed by atoms with Crippen LogP contribution in [0.2, 0.25) is 0 Å². The van der Waals surface area contributed by atoms with Crippen molar-refractivity contribution in [3.63, 3.8) is 0 Å². The molecule has 0 unspecified atom stereocenters. The average Bonchev–Trinajstić information content (AvgIpc) is 2.68. The predicted molar refractivity (Wildman–Crippen MR) is 99.4 cm³/mol. The van der Waals surface area contributed by atoms with Gasteiger partial charge in [0.2, 0.25) is 9.84 Å². The first-order chi connectivity index (χ1) is 13.6. The summed E-state index contributed by atoms with van der Waals surface area (Å²) in [5, 5.41) is 11.7. The number of nitrogens with one attached hydrogen (secondary N) is 1. The number of benzene rings is 3. The van der Waals surface area contributed by atoms with Crippen LogP contribution in [0.25, 0.3) is 0 Å². The molecule has 3 aromatic carbocycles. The molecule has 0 saturated carbocycles. The van der Waals surface area contributed by atoms with Gasteiger partial charge in [-0.1, -0.05) is 0 Å². The molecule has 5 nitrogen and oxygen atoms in total. The second kappa shape index (κ2) is 7.59. The number of carbonyl (C=O) groups excluding carboxylic acids is 1. The quantitative estimate of drug-likeness (QED) is 0.650. The number of sulfone groups is 1. The number of aromatic hydroxyl groups is 1. The topological polar surface area (TPSA) is 83.5 Å². The third-order valence-electron chi connectivity index (χ3n) is 4.04. The molecule has 1 amide bonds. The van der Waals surface area contributed by atoms with Gasteiger partial charge in [-0.25, -0.2) is 8.42 Å². The van der Waals surface area contributed by atoms with E-state index in [9.17, 15) is 31.5 Å². The van der Waals surface area contributed by atoms with Crippen molar-refractivity contribution >= 4 is 21.4 Å². The first-order valence-electron chi connectivity index (χ1n) is 8.20. The molecule has 0 fully saturated rings. The number of anilines is 1. The average molecular weight is 421 g/mol. The molecular weight excluding hydrogens is 407 g/mol. The van der Waals surface area contributed by atoms with Gasteiger partial charge >= 0.3 is 6.18 Å². The highest BCUT2D eigenvalue weighted by atomic mass is 32.2. The van der Waals surface area contributed by atoms with Crippen molar-refractivity contribution in [1.82, 2.24) is 0 Å². The fourth-order valence-electron chi connectivity index (χ4n) is 2.49. The van der Waals surface area contributed by atoms with Crippen molar-refractivity contribution < 1.29 is 31.5 Å². The maximum atomic E-state index is 12.6. The van der Waals surface area contributed by atoms with E-state index < -0.39 is 27.5 Å². The van der Waals surface area contributed by atoms with Crippen molar-refractivity contribution in [2.45, 2.75) is 16.0 Å². The number of hydrogen-bond acceptors (Lipinski definition) is 4. The SMILES string of the molecule is O=C(Nc1ccc(C(F)(F)F)cc1)c1ccc(S(=O)(=O)c2ccc(O)cc2)cc1. The molecule has 9 heteroatoms. The van der Waals surface area contributed by atoms with Gasteiger partial charge < -0.3 is 10.4 Å². The van der Waals surface area contributed by atoms with Crippen LogP contribution < -0.4 is 5.32 Å². The van der Waals surface area contributed by atoms with Crippen LogP contribution in [0.1, 0.15) is 15.9 Å². The third kappa shape index (κ3) is 4.57. The molecule has 0 bridgehead atoms. The van der Waals surface area contributed by atoms with E-state index in [1.165, 1.54) is 48.5 Å². The molecule has 0 heterocycles.